The molecule has 0 amide bonds. The molecule has 0 spiro atoms. The summed E-state index contributed by atoms with van der Waals surface area (Å²) in [6.45, 7) is 0. The third-order valence-corrected chi connectivity index (χ3v) is 2.22. The van der Waals surface area contributed by atoms with E-state index in [-0.39, 0.29) is 5.75 Å². The Balaban J connectivity index is 2.69. The maximum absolute atomic E-state index is 13.5. The van der Waals surface area contributed by atoms with Crippen molar-refractivity contribution in [3.05, 3.63) is 48.3 Å². The molecular weight excluding hydrogens is 193 g/mol. The molecule has 0 aromatic heterocycles. The van der Waals surface area contributed by atoms with Gasteiger partial charge in [-0.15, -0.1) is 0 Å². The Morgan fingerprint density at radius 3 is 2.40 bits per heavy atom. The zero-order chi connectivity index (χ0) is 10.8. The lowest BCUT2D eigenvalue weighted by atomic mass is 10.0. The molecule has 3 N–H and O–H groups in total. The van der Waals surface area contributed by atoms with E-state index in [0.29, 0.717) is 16.8 Å². The van der Waals surface area contributed by atoms with Gasteiger partial charge in [0.15, 0.2) is 0 Å². The highest BCUT2D eigenvalue weighted by Gasteiger charge is 2.11. The SMILES string of the molecule is Nc1cccc(O)c1-c1ccccc1F. The summed E-state index contributed by atoms with van der Waals surface area (Å²) in [4.78, 5) is 0. The molecule has 15 heavy (non-hydrogen) atoms. The third-order valence-electron chi connectivity index (χ3n) is 2.22. The summed E-state index contributed by atoms with van der Waals surface area (Å²) >= 11 is 0. The van der Waals surface area contributed by atoms with Crippen LogP contribution in [-0.2, 0) is 0 Å². The number of phenolic OH excluding ortho intramolecular Hbond substituents is 1. The van der Waals surface area contributed by atoms with Crippen LogP contribution in [0, 0.1) is 5.82 Å². The highest BCUT2D eigenvalue weighted by Crippen LogP contribution is 2.35. The Bertz CT molecular complexity index is 476. The van der Waals surface area contributed by atoms with Crippen molar-refractivity contribution in [2.24, 2.45) is 0 Å². The highest BCUT2D eigenvalue weighted by atomic mass is 19.1. The molecule has 2 rings (SSSR count). The molecule has 2 nitrogen and oxygen atoms in total. The summed E-state index contributed by atoms with van der Waals surface area (Å²) in [5.74, 6) is -0.411. The van der Waals surface area contributed by atoms with Crippen LogP contribution in [0.25, 0.3) is 11.1 Å². The van der Waals surface area contributed by atoms with Gasteiger partial charge in [0.05, 0.1) is 0 Å². The largest absolute Gasteiger partial charge is 0.507 e. The van der Waals surface area contributed by atoms with Crippen molar-refractivity contribution in [1.82, 2.24) is 0 Å². The molecule has 76 valence electrons. The number of aromatic hydroxyl groups is 1. The van der Waals surface area contributed by atoms with Crippen LogP contribution in [-0.4, -0.2) is 5.11 Å². The van der Waals surface area contributed by atoms with Gasteiger partial charge in [-0.05, 0) is 18.2 Å². The second-order valence-electron chi connectivity index (χ2n) is 3.22. The number of benzene rings is 2. The zero-order valence-electron chi connectivity index (χ0n) is 7.94. The molecule has 0 heterocycles. The van der Waals surface area contributed by atoms with Crippen molar-refractivity contribution in [3.8, 4) is 16.9 Å². The van der Waals surface area contributed by atoms with E-state index < -0.39 is 5.82 Å². The molecule has 2 aromatic rings. The Labute approximate surface area is 86.8 Å². The molecular formula is C12H10FNO. The second kappa shape index (κ2) is 3.61. The van der Waals surface area contributed by atoms with Crippen molar-refractivity contribution in [1.29, 1.82) is 0 Å². The quantitative estimate of drug-likeness (QED) is 0.700. The number of rotatable bonds is 1. The van der Waals surface area contributed by atoms with Crippen molar-refractivity contribution in [2.45, 2.75) is 0 Å². The number of hydrogen-bond donors (Lipinski definition) is 2. The number of halogens is 1. The first-order valence-electron chi connectivity index (χ1n) is 4.52. The second-order valence-corrected chi connectivity index (χ2v) is 3.22. The normalized spacial score (nSPS) is 10.2. The van der Waals surface area contributed by atoms with Crippen LogP contribution in [0.2, 0.25) is 0 Å². The lowest BCUT2D eigenvalue weighted by Gasteiger charge is -2.08. The van der Waals surface area contributed by atoms with E-state index in [4.69, 9.17) is 5.73 Å². The Morgan fingerprint density at radius 1 is 1.00 bits per heavy atom. The van der Waals surface area contributed by atoms with Crippen molar-refractivity contribution < 1.29 is 9.50 Å². The molecule has 0 bridgehead atoms. The van der Waals surface area contributed by atoms with Crippen molar-refractivity contribution in [3.63, 3.8) is 0 Å². The lowest BCUT2D eigenvalue weighted by Crippen LogP contribution is -1.92. The molecule has 0 aliphatic heterocycles. The van der Waals surface area contributed by atoms with E-state index >= 15 is 0 Å². The molecule has 0 atom stereocenters. The molecule has 0 aliphatic carbocycles. The average Bonchev–Trinajstić information content (AvgIpc) is 2.20. The smallest absolute Gasteiger partial charge is 0.131 e. The van der Waals surface area contributed by atoms with Crippen LogP contribution >= 0.6 is 0 Å². The van der Waals surface area contributed by atoms with Gasteiger partial charge in [-0.3, -0.25) is 0 Å². The molecule has 0 radical (unpaired) electrons. The Hall–Kier alpha value is -2.03. The minimum absolute atomic E-state index is 0.0138. The lowest BCUT2D eigenvalue weighted by molar-refractivity contribution is 0.477. The predicted molar refractivity (Wildman–Crippen MR) is 57.9 cm³/mol. The summed E-state index contributed by atoms with van der Waals surface area (Å²) < 4.78 is 13.5. The Kier molecular flexibility index (Phi) is 2.29. The summed E-state index contributed by atoms with van der Waals surface area (Å²) in [5, 5.41) is 9.62. The first-order valence-corrected chi connectivity index (χ1v) is 4.52. The van der Waals surface area contributed by atoms with Gasteiger partial charge < -0.3 is 10.8 Å². The van der Waals surface area contributed by atoms with E-state index in [1.54, 1.807) is 30.3 Å². The maximum atomic E-state index is 13.5. The van der Waals surface area contributed by atoms with E-state index in [1.807, 2.05) is 0 Å². The molecule has 0 fully saturated rings. The monoisotopic (exact) mass is 203 g/mol. The van der Waals surface area contributed by atoms with Gasteiger partial charge in [-0.1, -0.05) is 24.3 Å². The van der Waals surface area contributed by atoms with Gasteiger partial charge in [0.1, 0.15) is 11.6 Å². The maximum Gasteiger partial charge on any atom is 0.131 e. The van der Waals surface area contributed by atoms with Gasteiger partial charge in [0.25, 0.3) is 0 Å². The van der Waals surface area contributed by atoms with Gasteiger partial charge >= 0.3 is 0 Å². The average molecular weight is 203 g/mol. The Morgan fingerprint density at radius 2 is 1.73 bits per heavy atom. The number of phenols is 1. The fraction of sp³-hybridized carbons (Fsp3) is 0. The standard InChI is InChI=1S/C12H10FNO/c13-9-5-2-1-4-8(9)12-10(14)6-3-7-11(12)15/h1-7,15H,14H2. The van der Waals surface area contributed by atoms with Crippen molar-refractivity contribution in [2.75, 3.05) is 5.73 Å². The highest BCUT2D eigenvalue weighted by molar-refractivity contribution is 5.81. The summed E-state index contributed by atoms with van der Waals surface area (Å²) in [5.41, 5.74) is 6.71. The topological polar surface area (TPSA) is 46.2 Å². The molecule has 0 unspecified atom stereocenters. The minimum Gasteiger partial charge on any atom is -0.507 e. The summed E-state index contributed by atoms with van der Waals surface area (Å²) in [7, 11) is 0. The van der Waals surface area contributed by atoms with Gasteiger partial charge in [-0.25, -0.2) is 4.39 Å². The van der Waals surface area contributed by atoms with Crippen molar-refractivity contribution >= 4 is 5.69 Å². The van der Waals surface area contributed by atoms with E-state index in [2.05, 4.69) is 0 Å². The predicted octanol–water partition coefficient (Wildman–Crippen LogP) is 2.78. The summed E-state index contributed by atoms with van der Waals surface area (Å²) in [6.07, 6.45) is 0. The van der Waals surface area contributed by atoms with Gasteiger partial charge in [-0.2, -0.15) is 0 Å². The van der Waals surface area contributed by atoms with Crippen LogP contribution in [0.5, 0.6) is 5.75 Å². The number of hydrogen-bond acceptors (Lipinski definition) is 2. The first kappa shape index (κ1) is 9.52. The molecule has 0 aliphatic rings. The van der Waals surface area contributed by atoms with E-state index in [1.165, 1.54) is 12.1 Å². The number of anilines is 1. The fourth-order valence-corrected chi connectivity index (χ4v) is 1.51. The molecule has 0 saturated heterocycles. The zero-order valence-corrected chi connectivity index (χ0v) is 7.94. The van der Waals surface area contributed by atoms with Gasteiger partial charge in [0, 0.05) is 16.8 Å². The third kappa shape index (κ3) is 1.64. The minimum atomic E-state index is -0.397. The van der Waals surface area contributed by atoms with Gasteiger partial charge in [0.2, 0.25) is 0 Å². The number of nitrogen functional groups attached to an aromatic ring is 1. The van der Waals surface area contributed by atoms with E-state index in [9.17, 15) is 9.50 Å². The molecule has 2 aromatic carbocycles. The van der Waals surface area contributed by atoms with Crippen LogP contribution in [0.15, 0.2) is 42.5 Å². The van der Waals surface area contributed by atoms with Crippen LogP contribution in [0.3, 0.4) is 0 Å². The molecule has 0 saturated carbocycles. The first-order chi connectivity index (χ1) is 7.20. The van der Waals surface area contributed by atoms with Crippen LogP contribution < -0.4 is 5.73 Å². The number of nitrogens with two attached hydrogens (primary N) is 1. The molecule has 3 heteroatoms. The van der Waals surface area contributed by atoms with Crippen LogP contribution in [0.1, 0.15) is 0 Å². The van der Waals surface area contributed by atoms with E-state index in [0.717, 1.165) is 0 Å². The van der Waals surface area contributed by atoms with Crippen LogP contribution in [0.4, 0.5) is 10.1 Å². The fourth-order valence-electron chi connectivity index (χ4n) is 1.51. The summed E-state index contributed by atoms with van der Waals surface area (Å²) in [6, 6.07) is 10.9.